The van der Waals surface area contributed by atoms with E-state index in [4.69, 9.17) is 4.74 Å². The van der Waals surface area contributed by atoms with Crippen LogP contribution in [-0.4, -0.2) is 42.2 Å². The van der Waals surface area contributed by atoms with Crippen LogP contribution in [0.25, 0.3) is 6.08 Å². The molecule has 1 aromatic carbocycles. The number of aryl methyl sites for hydroxylation is 2. The minimum atomic E-state index is -0.333. The van der Waals surface area contributed by atoms with Crippen molar-refractivity contribution in [3.8, 4) is 5.75 Å². The maximum absolute atomic E-state index is 12.6. The number of rotatable bonds is 6. The predicted octanol–water partition coefficient (Wildman–Crippen LogP) is 3.71. The minimum Gasteiger partial charge on any atom is -0.497 e. The van der Waals surface area contributed by atoms with Crippen molar-refractivity contribution in [1.82, 2.24) is 10.2 Å². The molecule has 2 aliphatic rings. The van der Waals surface area contributed by atoms with E-state index in [1.54, 1.807) is 25.3 Å². The van der Waals surface area contributed by atoms with Crippen LogP contribution in [0.15, 0.2) is 35.2 Å². The first kappa shape index (κ1) is 19.7. The van der Waals surface area contributed by atoms with Crippen LogP contribution in [0.2, 0.25) is 0 Å². The van der Waals surface area contributed by atoms with Gasteiger partial charge in [-0.15, -0.1) is 11.3 Å². The van der Waals surface area contributed by atoms with Gasteiger partial charge in [0.05, 0.1) is 16.9 Å². The molecule has 6 nitrogen and oxygen atoms in total. The largest absolute Gasteiger partial charge is 0.497 e. The van der Waals surface area contributed by atoms with E-state index in [0.717, 1.165) is 42.3 Å². The summed E-state index contributed by atoms with van der Waals surface area (Å²) in [6.07, 6.45) is 4.93. The van der Waals surface area contributed by atoms with Crippen LogP contribution in [0.1, 0.15) is 32.1 Å². The van der Waals surface area contributed by atoms with E-state index in [0.29, 0.717) is 9.78 Å². The lowest BCUT2D eigenvalue weighted by Crippen LogP contribution is -2.37. The number of amides is 3. The molecule has 1 N–H and O–H groups in total. The summed E-state index contributed by atoms with van der Waals surface area (Å²) in [6.45, 7) is 0.386. The fourth-order valence-electron chi connectivity index (χ4n) is 3.35. The molecule has 29 heavy (non-hydrogen) atoms. The number of carbonyl (C=O) groups is 3. The summed E-state index contributed by atoms with van der Waals surface area (Å²) in [7, 11) is 1.59. The van der Waals surface area contributed by atoms with Gasteiger partial charge in [-0.2, -0.15) is 0 Å². The molecule has 1 saturated heterocycles. The number of nitrogens with one attached hydrogen (secondary N) is 1. The monoisotopic (exact) mass is 428 g/mol. The number of hydrogen-bond donors (Lipinski definition) is 1. The Morgan fingerprint density at radius 1 is 1.24 bits per heavy atom. The van der Waals surface area contributed by atoms with Gasteiger partial charge < -0.3 is 10.1 Å². The van der Waals surface area contributed by atoms with Crippen LogP contribution in [0.3, 0.4) is 0 Å². The summed E-state index contributed by atoms with van der Waals surface area (Å²) in [6, 6.07) is 9.20. The first-order chi connectivity index (χ1) is 14.0. The Bertz CT molecular complexity index is 973. The number of nitrogens with zero attached hydrogens (tertiary/aromatic N) is 1. The molecule has 0 spiro atoms. The summed E-state index contributed by atoms with van der Waals surface area (Å²) >= 11 is 2.45. The number of carbonyl (C=O) groups excluding carboxylic acids is 3. The van der Waals surface area contributed by atoms with Crippen molar-refractivity contribution in [2.24, 2.45) is 0 Å². The van der Waals surface area contributed by atoms with Crippen molar-refractivity contribution >= 4 is 46.2 Å². The molecule has 0 bridgehead atoms. The Morgan fingerprint density at radius 3 is 2.76 bits per heavy atom. The number of methoxy groups -OCH3 is 1. The van der Waals surface area contributed by atoms with Gasteiger partial charge in [0.15, 0.2) is 0 Å². The van der Waals surface area contributed by atoms with Crippen LogP contribution in [0, 0.1) is 0 Å². The highest BCUT2D eigenvalue weighted by molar-refractivity contribution is 8.18. The van der Waals surface area contributed by atoms with Gasteiger partial charge in [-0.25, -0.2) is 0 Å². The third kappa shape index (κ3) is 4.23. The lowest BCUT2D eigenvalue weighted by atomic mass is 10.2. The van der Waals surface area contributed by atoms with E-state index in [1.165, 1.54) is 26.7 Å². The molecule has 1 fully saturated rings. The second kappa shape index (κ2) is 8.42. The summed E-state index contributed by atoms with van der Waals surface area (Å²) in [5.74, 6) is 0.243. The molecule has 0 unspecified atom stereocenters. The number of fused-ring (bicyclic) bond motifs is 1. The summed E-state index contributed by atoms with van der Waals surface area (Å²) in [5.41, 5.74) is 2.09. The molecule has 0 atom stereocenters. The molecule has 150 valence electrons. The Morgan fingerprint density at radius 2 is 2.03 bits per heavy atom. The second-order valence-corrected chi connectivity index (χ2v) is 8.90. The van der Waals surface area contributed by atoms with Crippen molar-refractivity contribution < 1.29 is 19.1 Å². The van der Waals surface area contributed by atoms with Gasteiger partial charge in [0.25, 0.3) is 17.1 Å². The second-order valence-electron chi connectivity index (χ2n) is 6.78. The van der Waals surface area contributed by atoms with Crippen LogP contribution in [0.4, 0.5) is 4.79 Å². The van der Waals surface area contributed by atoms with Gasteiger partial charge in [-0.3, -0.25) is 19.3 Å². The van der Waals surface area contributed by atoms with Crippen LogP contribution in [0.5, 0.6) is 5.75 Å². The average Bonchev–Trinajstić information content (AvgIpc) is 3.39. The van der Waals surface area contributed by atoms with Crippen molar-refractivity contribution in [2.75, 3.05) is 20.2 Å². The molecule has 1 aliphatic heterocycles. The van der Waals surface area contributed by atoms with Gasteiger partial charge in [-0.05, 0) is 66.4 Å². The third-order valence-electron chi connectivity index (χ3n) is 4.88. The summed E-state index contributed by atoms with van der Waals surface area (Å²) in [5, 5.41) is 2.50. The summed E-state index contributed by atoms with van der Waals surface area (Å²) < 4.78 is 5.12. The van der Waals surface area contributed by atoms with Gasteiger partial charge in [0, 0.05) is 18.0 Å². The number of imide groups is 1. The van der Waals surface area contributed by atoms with Crippen molar-refractivity contribution in [1.29, 1.82) is 0 Å². The van der Waals surface area contributed by atoms with Gasteiger partial charge in [0.2, 0.25) is 0 Å². The van der Waals surface area contributed by atoms with Crippen molar-refractivity contribution in [3.05, 3.63) is 56.1 Å². The zero-order chi connectivity index (χ0) is 20.4. The van der Waals surface area contributed by atoms with Crippen LogP contribution >= 0.6 is 23.1 Å². The SMILES string of the molecule is COc1ccc(/C=C2\SC(=O)N(CCNC(=O)c3cc4c(s3)CCC4)C2=O)cc1. The van der Waals surface area contributed by atoms with E-state index in [9.17, 15) is 14.4 Å². The molecule has 3 amide bonds. The van der Waals surface area contributed by atoms with Gasteiger partial charge in [-0.1, -0.05) is 12.1 Å². The normalized spacial score (nSPS) is 17.1. The maximum Gasteiger partial charge on any atom is 0.293 e. The van der Waals surface area contributed by atoms with Crippen LogP contribution < -0.4 is 10.1 Å². The fraction of sp³-hybridized carbons (Fsp3) is 0.286. The van der Waals surface area contributed by atoms with E-state index < -0.39 is 0 Å². The zero-order valence-electron chi connectivity index (χ0n) is 15.9. The quantitative estimate of drug-likeness (QED) is 0.710. The molecular weight excluding hydrogens is 408 g/mol. The number of hydrogen-bond acceptors (Lipinski definition) is 6. The van der Waals surface area contributed by atoms with Gasteiger partial charge in [0.1, 0.15) is 5.75 Å². The smallest absolute Gasteiger partial charge is 0.293 e. The highest BCUT2D eigenvalue weighted by Crippen LogP contribution is 2.32. The molecule has 2 heterocycles. The lowest BCUT2D eigenvalue weighted by Gasteiger charge is -2.12. The molecule has 0 radical (unpaired) electrons. The van der Waals surface area contributed by atoms with Crippen LogP contribution in [-0.2, 0) is 17.6 Å². The molecule has 0 saturated carbocycles. The predicted molar refractivity (Wildman–Crippen MR) is 114 cm³/mol. The minimum absolute atomic E-state index is 0.148. The fourth-order valence-corrected chi connectivity index (χ4v) is 5.39. The topological polar surface area (TPSA) is 75.7 Å². The number of ether oxygens (including phenoxy) is 1. The van der Waals surface area contributed by atoms with E-state index >= 15 is 0 Å². The number of thioether (sulfide) groups is 1. The van der Waals surface area contributed by atoms with Gasteiger partial charge >= 0.3 is 0 Å². The third-order valence-corrected chi connectivity index (χ3v) is 7.02. The van der Waals surface area contributed by atoms with Crippen molar-refractivity contribution in [2.45, 2.75) is 19.3 Å². The van der Waals surface area contributed by atoms with Crippen molar-refractivity contribution in [3.63, 3.8) is 0 Å². The van der Waals surface area contributed by atoms with E-state index in [2.05, 4.69) is 5.32 Å². The number of benzene rings is 1. The molecule has 2 aromatic rings. The molecule has 1 aliphatic carbocycles. The van der Waals surface area contributed by atoms with E-state index in [-0.39, 0.29) is 30.1 Å². The Labute approximate surface area is 176 Å². The molecular formula is C21H20N2O4S2. The molecule has 1 aromatic heterocycles. The lowest BCUT2D eigenvalue weighted by molar-refractivity contribution is -0.122. The highest BCUT2D eigenvalue weighted by atomic mass is 32.2. The zero-order valence-corrected chi connectivity index (χ0v) is 17.5. The Kier molecular flexibility index (Phi) is 5.73. The molecule has 4 rings (SSSR count). The first-order valence-electron chi connectivity index (χ1n) is 9.34. The maximum atomic E-state index is 12.6. The Hall–Kier alpha value is -2.58. The first-order valence-corrected chi connectivity index (χ1v) is 11.0. The summed E-state index contributed by atoms with van der Waals surface area (Å²) in [4.78, 5) is 40.7. The standard InChI is InChI=1S/C21H20N2O4S2/c1-27-15-7-5-13(6-8-15)11-18-20(25)23(21(26)29-18)10-9-22-19(24)17-12-14-3-2-4-16(14)28-17/h5-8,11-12H,2-4,9-10H2,1H3,(H,22,24)/b18-11-. The Balaban J connectivity index is 1.33. The average molecular weight is 429 g/mol. The van der Waals surface area contributed by atoms with E-state index in [1.807, 2.05) is 18.2 Å². The molecule has 8 heteroatoms. The number of thiophene rings is 1. The highest BCUT2D eigenvalue weighted by Gasteiger charge is 2.34.